The highest BCUT2D eigenvalue weighted by Crippen LogP contribution is 2.57. The normalized spacial score (nSPS) is 28.6. The predicted molar refractivity (Wildman–Crippen MR) is 64.3 cm³/mol. The molecule has 17 heavy (non-hydrogen) atoms. The van der Waals surface area contributed by atoms with E-state index in [0.29, 0.717) is 17.4 Å². The van der Waals surface area contributed by atoms with Gasteiger partial charge in [0.15, 0.2) is 5.82 Å². The number of allylic oxidation sites excluding steroid dienone is 4. The Labute approximate surface area is 99.9 Å². The van der Waals surface area contributed by atoms with Crippen LogP contribution in [0.5, 0.6) is 0 Å². The fourth-order valence-corrected chi connectivity index (χ4v) is 2.46. The number of imidazole rings is 1. The van der Waals surface area contributed by atoms with Crippen LogP contribution in [-0.2, 0) is 7.05 Å². The molecule has 0 N–H and O–H groups in total. The first-order valence-corrected chi connectivity index (χ1v) is 5.58. The second kappa shape index (κ2) is 3.21. The molecule has 1 aromatic rings. The molecule has 3 heteroatoms. The van der Waals surface area contributed by atoms with Crippen LogP contribution in [0.4, 0.5) is 0 Å². The van der Waals surface area contributed by atoms with Gasteiger partial charge in [0.05, 0.1) is 11.6 Å². The van der Waals surface area contributed by atoms with Crippen LogP contribution in [0.25, 0.3) is 0 Å². The highest BCUT2D eigenvalue weighted by Gasteiger charge is 2.58. The number of hydrogen-bond acceptors (Lipinski definition) is 2. The topological polar surface area (TPSA) is 34.9 Å². The van der Waals surface area contributed by atoms with E-state index in [1.54, 1.807) is 17.8 Å². The lowest BCUT2D eigenvalue weighted by Crippen LogP contribution is -2.21. The van der Waals surface area contributed by atoms with Crippen molar-refractivity contribution in [3.8, 4) is 12.3 Å². The Morgan fingerprint density at radius 2 is 2.47 bits per heavy atom. The van der Waals surface area contributed by atoms with Gasteiger partial charge in [0, 0.05) is 7.05 Å². The molecule has 84 valence electrons. The molecule has 3 rings (SSSR count). The first kappa shape index (κ1) is 10.1. The number of terminal acetylenes is 1. The molecule has 2 unspecified atom stereocenters. The van der Waals surface area contributed by atoms with Crippen LogP contribution in [0.15, 0.2) is 30.5 Å². The van der Waals surface area contributed by atoms with Crippen LogP contribution < -0.4 is 0 Å². The third-order valence-electron chi connectivity index (χ3n) is 3.67. The molecule has 2 atom stereocenters. The lowest BCUT2D eigenvalue weighted by atomic mass is 9.93. The highest BCUT2D eigenvalue weighted by atomic mass is 16.1. The molecule has 0 spiro atoms. The number of ketones is 1. The fourth-order valence-electron chi connectivity index (χ4n) is 2.46. The smallest absolute Gasteiger partial charge is 0.208 e. The van der Waals surface area contributed by atoms with Crippen LogP contribution in [0.3, 0.4) is 0 Å². The van der Waals surface area contributed by atoms with E-state index in [1.807, 2.05) is 18.2 Å². The van der Waals surface area contributed by atoms with E-state index < -0.39 is 0 Å². The Morgan fingerprint density at radius 3 is 3.12 bits per heavy atom. The number of aromatic nitrogens is 2. The third-order valence-corrected chi connectivity index (χ3v) is 3.67. The quantitative estimate of drug-likeness (QED) is 0.566. The Bertz CT molecular complexity index is 600. The lowest BCUT2D eigenvalue weighted by molar-refractivity contribution is 0.0910. The maximum absolute atomic E-state index is 12.5. The van der Waals surface area contributed by atoms with Crippen molar-refractivity contribution in [2.75, 3.05) is 0 Å². The van der Waals surface area contributed by atoms with Gasteiger partial charge in [-0.15, -0.1) is 6.42 Å². The summed E-state index contributed by atoms with van der Waals surface area (Å²) >= 11 is 0. The molecule has 1 fully saturated rings. The van der Waals surface area contributed by atoms with Crippen LogP contribution >= 0.6 is 0 Å². The zero-order valence-electron chi connectivity index (χ0n) is 9.55. The predicted octanol–water partition coefficient (Wildman–Crippen LogP) is 1.72. The molecular formula is C14H12N2O. The molecule has 3 nitrogen and oxygen atoms in total. The van der Waals surface area contributed by atoms with Gasteiger partial charge in [-0.1, -0.05) is 30.2 Å². The molecule has 0 bridgehead atoms. The summed E-state index contributed by atoms with van der Waals surface area (Å²) in [4.78, 5) is 16.6. The molecule has 2 aliphatic rings. The Morgan fingerprint density at radius 1 is 1.65 bits per heavy atom. The van der Waals surface area contributed by atoms with E-state index >= 15 is 0 Å². The largest absolute Gasteiger partial charge is 0.318 e. The second-order valence-corrected chi connectivity index (χ2v) is 4.59. The number of hydrogen-bond donors (Lipinski definition) is 0. The van der Waals surface area contributed by atoms with Gasteiger partial charge < -0.3 is 4.57 Å². The summed E-state index contributed by atoms with van der Waals surface area (Å²) in [5, 5.41) is 0. The number of carbonyl (C=O) groups excluding carboxylic acids is 1. The second-order valence-electron chi connectivity index (χ2n) is 4.59. The average Bonchev–Trinajstić information content (AvgIpc) is 2.99. The number of fused-ring (bicyclic) bond motifs is 1. The van der Waals surface area contributed by atoms with Gasteiger partial charge in [0.1, 0.15) is 5.69 Å². The van der Waals surface area contributed by atoms with E-state index in [0.717, 1.165) is 6.42 Å². The molecule has 2 aliphatic carbocycles. The van der Waals surface area contributed by atoms with Gasteiger partial charge in [-0.2, -0.15) is 0 Å². The summed E-state index contributed by atoms with van der Waals surface area (Å²) in [6.45, 7) is 0. The van der Waals surface area contributed by atoms with Crippen LogP contribution in [0.2, 0.25) is 0 Å². The molecule has 1 saturated carbocycles. The van der Waals surface area contributed by atoms with E-state index in [4.69, 9.17) is 6.42 Å². The first-order chi connectivity index (χ1) is 8.19. The summed E-state index contributed by atoms with van der Waals surface area (Å²) in [6.07, 6.45) is 15.8. The molecule has 0 aromatic carbocycles. The Kier molecular flexibility index (Phi) is 1.90. The monoisotopic (exact) mass is 224 g/mol. The van der Waals surface area contributed by atoms with Gasteiger partial charge in [-0.3, -0.25) is 4.79 Å². The van der Waals surface area contributed by atoms with Gasteiger partial charge in [0.2, 0.25) is 5.78 Å². The summed E-state index contributed by atoms with van der Waals surface area (Å²) < 4.78 is 1.69. The molecule has 1 aromatic heterocycles. The summed E-state index contributed by atoms with van der Waals surface area (Å²) in [6, 6.07) is 0. The molecule has 0 amide bonds. The standard InChI is InChI=1S/C14H12N2O/c1-3-11-9-15-13(16(11)2)12(17)14-7-5-4-6-10(14)8-14/h1,4-7,9-10H,8H2,2H3. The van der Waals surface area contributed by atoms with Crippen molar-refractivity contribution in [3.63, 3.8) is 0 Å². The first-order valence-electron chi connectivity index (χ1n) is 5.58. The molecule has 0 saturated heterocycles. The Balaban J connectivity index is 1.99. The maximum Gasteiger partial charge on any atom is 0.208 e. The number of carbonyl (C=O) groups is 1. The van der Waals surface area contributed by atoms with Crippen molar-refractivity contribution in [2.45, 2.75) is 6.42 Å². The number of rotatable bonds is 2. The molecular weight excluding hydrogens is 212 g/mol. The highest BCUT2D eigenvalue weighted by molar-refractivity contribution is 6.02. The van der Waals surface area contributed by atoms with Crippen LogP contribution in [0.1, 0.15) is 22.7 Å². The number of nitrogens with zero attached hydrogens (tertiary/aromatic N) is 2. The van der Waals surface area contributed by atoms with E-state index in [1.165, 1.54) is 0 Å². The van der Waals surface area contributed by atoms with Gasteiger partial charge in [-0.25, -0.2) is 4.98 Å². The van der Waals surface area contributed by atoms with Crippen molar-refractivity contribution in [1.29, 1.82) is 0 Å². The van der Waals surface area contributed by atoms with Gasteiger partial charge in [-0.05, 0) is 12.3 Å². The minimum atomic E-state index is -0.347. The third kappa shape index (κ3) is 1.24. The summed E-state index contributed by atoms with van der Waals surface area (Å²) in [5.74, 6) is 3.39. The van der Waals surface area contributed by atoms with Crippen molar-refractivity contribution in [1.82, 2.24) is 9.55 Å². The Hall–Kier alpha value is -2.08. The minimum absolute atomic E-state index is 0.0760. The molecule has 1 heterocycles. The average molecular weight is 224 g/mol. The van der Waals surface area contributed by atoms with E-state index in [-0.39, 0.29) is 11.2 Å². The maximum atomic E-state index is 12.5. The minimum Gasteiger partial charge on any atom is -0.318 e. The van der Waals surface area contributed by atoms with Crippen LogP contribution in [-0.4, -0.2) is 15.3 Å². The van der Waals surface area contributed by atoms with Crippen molar-refractivity contribution >= 4 is 5.78 Å². The molecule has 0 aliphatic heterocycles. The van der Waals surface area contributed by atoms with Crippen molar-refractivity contribution in [2.24, 2.45) is 18.4 Å². The summed E-state index contributed by atoms with van der Waals surface area (Å²) in [7, 11) is 1.78. The van der Waals surface area contributed by atoms with E-state index in [9.17, 15) is 4.79 Å². The fraction of sp³-hybridized carbons (Fsp3) is 0.286. The summed E-state index contributed by atoms with van der Waals surface area (Å²) in [5.41, 5.74) is 0.289. The molecule has 0 radical (unpaired) electrons. The SMILES string of the molecule is C#Cc1cnc(C(=O)C23C=CC=CC2C3)n1C. The van der Waals surface area contributed by atoms with Crippen molar-refractivity contribution < 1.29 is 4.79 Å². The lowest BCUT2D eigenvalue weighted by Gasteiger charge is -2.12. The zero-order chi connectivity index (χ0) is 12.0. The van der Waals surface area contributed by atoms with Crippen LogP contribution in [0, 0.1) is 23.7 Å². The van der Waals surface area contributed by atoms with Crippen molar-refractivity contribution in [3.05, 3.63) is 42.0 Å². The zero-order valence-corrected chi connectivity index (χ0v) is 9.55. The number of Topliss-reactive ketones (excluding diaryl/α,β-unsaturated/α-hetero) is 1. The van der Waals surface area contributed by atoms with E-state index in [2.05, 4.69) is 17.0 Å². The van der Waals surface area contributed by atoms with Gasteiger partial charge >= 0.3 is 0 Å². The van der Waals surface area contributed by atoms with Gasteiger partial charge in [0.25, 0.3) is 0 Å².